The van der Waals surface area contributed by atoms with E-state index < -0.39 is 0 Å². The number of nitrogens with two attached hydrogens (primary N) is 1. The third-order valence-corrected chi connectivity index (χ3v) is 3.89. The molecule has 0 fully saturated rings. The largest absolute Gasteiger partial charge is 0.340 e. The number of hydrogen-bond acceptors (Lipinski definition) is 5. The van der Waals surface area contributed by atoms with Crippen molar-refractivity contribution in [1.29, 1.82) is 0 Å². The Morgan fingerprint density at radius 1 is 1.20 bits per heavy atom. The lowest BCUT2D eigenvalue weighted by molar-refractivity contribution is 0.850. The van der Waals surface area contributed by atoms with E-state index in [-0.39, 0.29) is 5.92 Å². The summed E-state index contributed by atoms with van der Waals surface area (Å²) in [5, 5.41) is 3.32. The predicted molar refractivity (Wildman–Crippen MR) is 86.1 cm³/mol. The van der Waals surface area contributed by atoms with E-state index in [2.05, 4.69) is 57.4 Å². The molecule has 4 N–H and O–H groups in total. The number of halogens is 1. The van der Waals surface area contributed by atoms with Crippen LogP contribution in [-0.2, 0) is 0 Å². The van der Waals surface area contributed by atoms with Crippen LogP contribution in [0.3, 0.4) is 0 Å². The van der Waals surface area contributed by atoms with E-state index in [0.29, 0.717) is 5.82 Å². The van der Waals surface area contributed by atoms with Gasteiger partial charge >= 0.3 is 0 Å². The molecule has 2 rings (SSSR count). The van der Waals surface area contributed by atoms with Crippen molar-refractivity contribution in [2.75, 3.05) is 10.7 Å². The smallest absolute Gasteiger partial charge is 0.148 e. The van der Waals surface area contributed by atoms with Gasteiger partial charge in [-0.25, -0.2) is 15.8 Å². The number of nitrogens with one attached hydrogen (secondary N) is 2. The van der Waals surface area contributed by atoms with Crippen LogP contribution in [0.25, 0.3) is 0 Å². The molecule has 0 unspecified atom stereocenters. The van der Waals surface area contributed by atoms with Gasteiger partial charge in [0.05, 0.1) is 0 Å². The van der Waals surface area contributed by atoms with Gasteiger partial charge in [0, 0.05) is 15.7 Å². The van der Waals surface area contributed by atoms with E-state index in [0.717, 1.165) is 21.5 Å². The van der Waals surface area contributed by atoms with Crippen molar-refractivity contribution in [3.05, 3.63) is 40.1 Å². The summed E-state index contributed by atoms with van der Waals surface area (Å²) >= 11 is 3.53. The van der Waals surface area contributed by atoms with E-state index in [9.17, 15) is 0 Å². The molecule has 0 bridgehead atoms. The number of benzene rings is 1. The Morgan fingerprint density at radius 3 is 2.50 bits per heavy atom. The van der Waals surface area contributed by atoms with Gasteiger partial charge in [-0.1, -0.05) is 35.8 Å². The molecule has 1 aromatic carbocycles. The summed E-state index contributed by atoms with van der Waals surface area (Å²) in [6.07, 6.45) is 1.49. The van der Waals surface area contributed by atoms with Gasteiger partial charge in [0.1, 0.15) is 18.0 Å². The normalized spacial score (nSPS) is 10.7. The van der Waals surface area contributed by atoms with Gasteiger partial charge in [-0.15, -0.1) is 0 Å². The Kier molecular flexibility index (Phi) is 4.57. The molecule has 2 aromatic rings. The number of aromatic nitrogens is 2. The molecule has 0 atom stereocenters. The van der Waals surface area contributed by atoms with Crippen LogP contribution in [0.5, 0.6) is 0 Å². The Labute approximate surface area is 127 Å². The summed E-state index contributed by atoms with van der Waals surface area (Å²) in [4.78, 5) is 8.48. The standard InChI is InChI=1S/C14H18BrN5/c1-8(2)12-13(17-7-18-14(12)20-16)19-10-5-4-9(3)11(15)6-10/h4-8H,16H2,1-3H3,(H2,17,18,19,20). The minimum atomic E-state index is 0.249. The summed E-state index contributed by atoms with van der Waals surface area (Å²) < 4.78 is 1.06. The maximum absolute atomic E-state index is 5.52. The van der Waals surface area contributed by atoms with Crippen molar-refractivity contribution in [1.82, 2.24) is 9.97 Å². The van der Waals surface area contributed by atoms with Gasteiger partial charge in [-0.2, -0.15) is 0 Å². The summed E-state index contributed by atoms with van der Waals surface area (Å²) in [5.41, 5.74) is 5.74. The Hall–Kier alpha value is -1.66. The summed E-state index contributed by atoms with van der Waals surface area (Å²) in [5.74, 6) is 7.17. The van der Waals surface area contributed by atoms with E-state index in [4.69, 9.17) is 5.84 Å². The molecule has 106 valence electrons. The van der Waals surface area contributed by atoms with Gasteiger partial charge < -0.3 is 10.7 Å². The fourth-order valence-corrected chi connectivity index (χ4v) is 2.34. The Balaban J connectivity index is 2.40. The minimum Gasteiger partial charge on any atom is -0.340 e. The molecular weight excluding hydrogens is 318 g/mol. The van der Waals surface area contributed by atoms with Crippen molar-refractivity contribution in [2.45, 2.75) is 26.7 Å². The predicted octanol–water partition coefficient (Wildman–Crippen LogP) is 3.70. The molecule has 0 aliphatic rings. The molecule has 0 saturated heterocycles. The zero-order valence-corrected chi connectivity index (χ0v) is 13.3. The quantitative estimate of drug-likeness (QED) is 0.586. The number of nitrogens with zero attached hydrogens (tertiary/aromatic N) is 2. The molecule has 0 amide bonds. The van der Waals surface area contributed by atoms with Crippen molar-refractivity contribution in [2.24, 2.45) is 5.84 Å². The van der Waals surface area contributed by atoms with Crippen molar-refractivity contribution >= 4 is 33.3 Å². The lowest BCUT2D eigenvalue weighted by Gasteiger charge is -2.16. The molecule has 1 aromatic heterocycles. The van der Waals surface area contributed by atoms with Gasteiger partial charge in [0.25, 0.3) is 0 Å². The van der Waals surface area contributed by atoms with Crippen LogP contribution in [0.4, 0.5) is 17.3 Å². The molecule has 6 heteroatoms. The average Bonchev–Trinajstić information content (AvgIpc) is 2.42. The van der Waals surface area contributed by atoms with Gasteiger partial charge in [0.15, 0.2) is 0 Å². The molecule has 0 aliphatic heterocycles. The second-order valence-electron chi connectivity index (χ2n) is 4.87. The topological polar surface area (TPSA) is 75.9 Å². The number of nitrogen functional groups attached to an aromatic ring is 1. The van der Waals surface area contributed by atoms with Crippen LogP contribution in [-0.4, -0.2) is 9.97 Å². The van der Waals surface area contributed by atoms with Crippen LogP contribution in [0.15, 0.2) is 29.0 Å². The fraction of sp³-hybridized carbons (Fsp3) is 0.286. The highest BCUT2D eigenvalue weighted by molar-refractivity contribution is 9.10. The third-order valence-electron chi connectivity index (χ3n) is 3.03. The minimum absolute atomic E-state index is 0.249. The first-order valence-electron chi connectivity index (χ1n) is 6.37. The third kappa shape index (κ3) is 3.08. The summed E-state index contributed by atoms with van der Waals surface area (Å²) in [6, 6.07) is 6.09. The van der Waals surface area contributed by atoms with Crippen LogP contribution >= 0.6 is 15.9 Å². The zero-order chi connectivity index (χ0) is 14.7. The molecule has 20 heavy (non-hydrogen) atoms. The summed E-state index contributed by atoms with van der Waals surface area (Å²) in [6.45, 7) is 6.21. The molecular formula is C14H18BrN5. The fourth-order valence-electron chi connectivity index (χ4n) is 1.96. The SMILES string of the molecule is Cc1ccc(Nc2ncnc(NN)c2C(C)C)cc1Br. The average molecular weight is 336 g/mol. The molecule has 0 aliphatic carbocycles. The van der Waals surface area contributed by atoms with E-state index in [1.54, 1.807) is 0 Å². The Morgan fingerprint density at radius 2 is 1.90 bits per heavy atom. The van der Waals surface area contributed by atoms with Crippen LogP contribution in [0, 0.1) is 6.92 Å². The second kappa shape index (κ2) is 6.19. The number of hydrazine groups is 1. The van der Waals surface area contributed by atoms with E-state index in [1.807, 2.05) is 18.2 Å². The van der Waals surface area contributed by atoms with Gasteiger partial charge in [0.2, 0.25) is 0 Å². The van der Waals surface area contributed by atoms with E-state index >= 15 is 0 Å². The van der Waals surface area contributed by atoms with Crippen molar-refractivity contribution in [3.8, 4) is 0 Å². The van der Waals surface area contributed by atoms with Crippen molar-refractivity contribution < 1.29 is 0 Å². The number of hydrogen-bond donors (Lipinski definition) is 3. The number of anilines is 3. The van der Waals surface area contributed by atoms with Gasteiger partial charge in [-0.3, -0.25) is 0 Å². The lowest BCUT2D eigenvalue weighted by atomic mass is 10.0. The maximum atomic E-state index is 5.52. The highest BCUT2D eigenvalue weighted by Gasteiger charge is 2.14. The number of rotatable bonds is 4. The number of aryl methyl sites for hydroxylation is 1. The molecule has 5 nitrogen and oxygen atoms in total. The zero-order valence-electron chi connectivity index (χ0n) is 11.7. The molecule has 1 heterocycles. The highest BCUT2D eigenvalue weighted by Crippen LogP contribution is 2.30. The van der Waals surface area contributed by atoms with Crippen LogP contribution in [0.1, 0.15) is 30.9 Å². The highest BCUT2D eigenvalue weighted by atomic mass is 79.9. The van der Waals surface area contributed by atoms with Crippen LogP contribution < -0.4 is 16.6 Å². The molecule has 0 radical (unpaired) electrons. The first kappa shape index (κ1) is 14.7. The first-order valence-corrected chi connectivity index (χ1v) is 7.17. The first-order chi connectivity index (χ1) is 9.52. The van der Waals surface area contributed by atoms with E-state index in [1.165, 1.54) is 11.9 Å². The molecule has 0 saturated carbocycles. The monoisotopic (exact) mass is 335 g/mol. The van der Waals surface area contributed by atoms with Crippen molar-refractivity contribution in [3.63, 3.8) is 0 Å². The Bertz CT molecular complexity index is 613. The summed E-state index contributed by atoms with van der Waals surface area (Å²) in [7, 11) is 0. The van der Waals surface area contributed by atoms with Crippen LogP contribution in [0.2, 0.25) is 0 Å². The van der Waals surface area contributed by atoms with Gasteiger partial charge in [-0.05, 0) is 30.5 Å². The maximum Gasteiger partial charge on any atom is 0.148 e. The lowest BCUT2D eigenvalue weighted by Crippen LogP contribution is -2.14. The molecule has 0 spiro atoms. The second-order valence-corrected chi connectivity index (χ2v) is 5.73.